The van der Waals surface area contributed by atoms with Gasteiger partial charge in [-0.15, -0.1) is 0 Å². The highest BCUT2D eigenvalue weighted by Gasteiger charge is 2.43. The lowest BCUT2D eigenvalue weighted by Crippen LogP contribution is -2.48. The third-order valence-corrected chi connectivity index (χ3v) is 5.24. The number of carbonyl (C=O) groups excluding carboxylic acids is 1. The summed E-state index contributed by atoms with van der Waals surface area (Å²) in [5.41, 5.74) is 4.70. The van der Waals surface area contributed by atoms with Gasteiger partial charge in [0.05, 0.1) is 6.20 Å². The van der Waals surface area contributed by atoms with Crippen LogP contribution in [0.2, 0.25) is 0 Å². The van der Waals surface area contributed by atoms with Gasteiger partial charge < -0.3 is 4.90 Å². The molecule has 4 nitrogen and oxygen atoms in total. The summed E-state index contributed by atoms with van der Waals surface area (Å²) in [4.78, 5) is 14.4. The van der Waals surface area contributed by atoms with Crippen molar-refractivity contribution in [2.45, 2.75) is 39.2 Å². The third kappa shape index (κ3) is 2.46. The Labute approximate surface area is 137 Å². The molecule has 2 aliphatic rings. The van der Waals surface area contributed by atoms with Gasteiger partial charge in [-0.2, -0.15) is 5.10 Å². The first-order chi connectivity index (χ1) is 11.0. The first-order valence-electron chi connectivity index (χ1n) is 8.46. The molecule has 1 aliphatic carbocycles. The highest BCUT2D eigenvalue weighted by atomic mass is 16.2. The van der Waals surface area contributed by atoms with E-state index in [2.05, 4.69) is 35.1 Å². The van der Waals surface area contributed by atoms with E-state index in [-0.39, 0.29) is 5.91 Å². The number of carbonyl (C=O) groups is 1. The predicted octanol–water partition coefficient (Wildman–Crippen LogP) is 3.41. The van der Waals surface area contributed by atoms with E-state index in [4.69, 9.17) is 0 Å². The van der Waals surface area contributed by atoms with Crippen LogP contribution in [-0.2, 0) is 18.3 Å². The molecular weight excluding hydrogens is 286 g/mol. The maximum atomic E-state index is 12.3. The highest BCUT2D eigenvalue weighted by Crippen LogP contribution is 2.45. The van der Waals surface area contributed by atoms with E-state index < -0.39 is 0 Å². The van der Waals surface area contributed by atoms with Gasteiger partial charge in [-0.25, -0.2) is 0 Å². The van der Waals surface area contributed by atoms with Crippen molar-refractivity contribution in [1.29, 1.82) is 0 Å². The van der Waals surface area contributed by atoms with Gasteiger partial charge in [-0.1, -0.05) is 13.0 Å². The number of hydrogen-bond donors (Lipinski definition) is 0. The smallest absolute Gasteiger partial charge is 0.224 e. The number of anilines is 1. The van der Waals surface area contributed by atoms with Crippen LogP contribution in [0.5, 0.6) is 0 Å². The number of aromatic nitrogens is 2. The van der Waals surface area contributed by atoms with E-state index >= 15 is 0 Å². The van der Waals surface area contributed by atoms with Crippen LogP contribution in [0.3, 0.4) is 0 Å². The number of nitrogens with zero attached hydrogens (tertiary/aromatic N) is 3. The van der Waals surface area contributed by atoms with Crippen LogP contribution in [-0.4, -0.2) is 21.7 Å². The highest BCUT2D eigenvalue weighted by molar-refractivity contribution is 5.94. The van der Waals surface area contributed by atoms with E-state index in [9.17, 15) is 4.79 Å². The first kappa shape index (κ1) is 14.5. The fraction of sp³-hybridized carbons (Fsp3) is 0.474. The van der Waals surface area contributed by atoms with Crippen LogP contribution >= 0.6 is 0 Å². The zero-order chi connectivity index (χ0) is 16.1. The van der Waals surface area contributed by atoms with Crippen molar-refractivity contribution in [3.63, 3.8) is 0 Å². The Morgan fingerprint density at radius 2 is 2.04 bits per heavy atom. The molecule has 4 rings (SSSR count). The molecule has 0 saturated heterocycles. The number of hydrogen-bond acceptors (Lipinski definition) is 2. The molecule has 2 atom stereocenters. The van der Waals surface area contributed by atoms with E-state index in [0.29, 0.717) is 17.9 Å². The SMILES string of the molecule is CC(=O)N1c2ccc(-c3cnn(C)c3)cc2C[C@@H](C)[C@@H]1C1CC1. The molecule has 120 valence electrons. The quantitative estimate of drug-likeness (QED) is 0.852. The molecule has 0 radical (unpaired) electrons. The zero-order valence-electron chi connectivity index (χ0n) is 14.0. The molecule has 0 unspecified atom stereocenters. The Balaban J connectivity index is 1.76. The fourth-order valence-corrected chi connectivity index (χ4v) is 4.11. The molecule has 1 aromatic carbocycles. The van der Waals surface area contributed by atoms with Crippen molar-refractivity contribution >= 4 is 11.6 Å². The number of fused-ring (bicyclic) bond motifs is 1. The summed E-state index contributed by atoms with van der Waals surface area (Å²) in [5.74, 6) is 1.38. The Kier molecular flexibility index (Phi) is 3.29. The van der Waals surface area contributed by atoms with Gasteiger partial charge in [0.25, 0.3) is 0 Å². The van der Waals surface area contributed by atoms with Crippen molar-refractivity contribution in [3.8, 4) is 11.1 Å². The second-order valence-electron chi connectivity index (χ2n) is 7.14. The van der Waals surface area contributed by atoms with E-state index in [1.807, 2.05) is 24.1 Å². The molecular formula is C19H23N3O. The largest absolute Gasteiger partial charge is 0.309 e. The van der Waals surface area contributed by atoms with Crippen LogP contribution < -0.4 is 4.90 Å². The number of rotatable bonds is 2. The molecule has 0 spiro atoms. The molecule has 1 amide bonds. The Morgan fingerprint density at radius 3 is 2.65 bits per heavy atom. The standard InChI is InChI=1S/C19H23N3O/c1-12-8-16-9-15(17-10-20-21(3)11-17)6-7-18(16)22(13(2)23)19(12)14-4-5-14/h6-7,9-12,14,19H,4-5,8H2,1-3H3/t12-,19-/m1/s1. The molecule has 2 aromatic rings. The maximum Gasteiger partial charge on any atom is 0.224 e. The molecule has 23 heavy (non-hydrogen) atoms. The molecule has 4 heteroatoms. The average Bonchev–Trinajstić information content (AvgIpc) is 3.25. The molecule has 1 saturated carbocycles. The molecule has 2 heterocycles. The molecule has 1 fully saturated rings. The van der Waals surface area contributed by atoms with E-state index in [0.717, 1.165) is 17.7 Å². The van der Waals surface area contributed by atoms with Crippen LogP contribution in [0.15, 0.2) is 30.6 Å². The van der Waals surface area contributed by atoms with Crippen LogP contribution in [0.25, 0.3) is 11.1 Å². The minimum Gasteiger partial charge on any atom is -0.309 e. The monoisotopic (exact) mass is 309 g/mol. The second kappa shape index (κ2) is 5.22. The summed E-state index contributed by atoms with van der Waals surface area (Å²) >= 11 is 0. The summed E-state index contributed by atoms with van der Waals surface area (Å²) in [6.07, 6.45) is 7.51. The molecule has 1 aliphatic heterocycles. The first-order valence-corrected chi connectivity index (χ1v) is 8.46. The van der Waals surface area contributed by atoms with Crippen molar-refractivity contribution in [2.75, 3.05) is 4.90 Å². The van der Waals surface area contributed by atoms with Gasteiger partial charge in [-0.05, 0) is 54.4 Å². The summed E-state index contributed by atoms with van der Waals surface area (Å²) in [5, 5.41) is 4.26. The lowest BCUT2D eigenvalue weighted by atomic mass is 9.83. The van der Waals surface area contributed by atoms with E-state index in [1.165, 1.54) is 24.0 Å². The second-order valence-corrected chi connectivity index (χ2v) is 7.14. The van der Waals surface area contributed by atoms with Crippen molar-refractivity contribution in [3.05, 3.63) is 36.2 Å². The summed E-state index contributed by atoms with van der Waals surface area (Å²) < 4.78 is 1.82. The normalized spacial score (nSPS) is 23.7. The van der Waals surface area contributed by atoms with Crippen molar-refractivity contribution < 1.29 is 4.79 Å². The minimum atomic E-state index is 0.170. The Morgan fingerprint density at radius 1 is 1.26 bits per heavy atom. The fourth-order valence-electron chi connectivity index (χ4n) is 4.11. The summed E-state index contributed by atoms with van der Waals surface area (Å²) in [6.45, 7) is 3.99. The van der Waals surface area contributed by atoms with Gasteiger partial charge in [0.2, 0.25) is 5.91 Å². The average molecular weight is 309 g/mol. The van der Waals surface area contributed by atoms with Crippen LogP contribution in [0, 0.1) is 11.8 Å². The third-order valence-electron chi connectivity index (χ3n) is 5.24. The van der Waals surface area contributed by atoms with Crippen LogP contribution in [0.4, 0.5) is 5.69 Å². The number of benzene rings is 1. The zero-order valence-corrected chi connectivity index (χ0v) is 14.0. The summed E-state index contributed by atoms with van der Waals surface area (Å²) in [7, 11) is 1.93. The molecule has 0 N–H and O–H groups in total. The van der Waals surface area contributed by atoms with Crippen molar-refractivity contribution in [1.82, 2.24) is 9.78 Å². The van der Waals surface area contributed by atoms with Gasteiger partial charge in [0.15, 0.2) is 0 Å². The Bertz CT molecular complexity index is 760. The molecule has 1 aromatic heterocycles. The number of aryl methyl sites for hydroxylation is 1. The number of amides is 1. The summed E-state index contributed by atoms with van der Waals surface area (Å²) in [6, 6.07) is 6.86. The maximum absolute atomic E-state index is 12.3. The van der Waals surface area contributed by atoms with Gasteiger partial charge in [-0.3, -0.25) is 9.48 Å². The lowest BCUT2D eigenvalue weighted by Gasteiger charge is -2.41. The topological polar surface area (TPSA) is 38.1 Å². The van der Waals surface area contributed by atoms with Crippen molar-refractivity contribution in [2.24, 2.45) is 18.9 Å². The molecule has 0 bridgehead atoms. The van der Waals surface area contributed by atoms with Gasteiger partial charge in [0, 0.05) is 37.5 Å². The van der Waals surface area contributed by atoms with Crippen LogP contribution in [0.1, 0.15) is 32.3 Å². The van der Waals surface area contributed by atoms with E-state index in [1.54, 1.807) is 6.92 Å². The lowest BCUT2D eigenvalue weighted by molar-refractivity contribution is -0.117. The van der Waals surface area contributed by atoms with Gasteiger partial charge in [0.1, 0.15) is 0 Å². The predicted molar refractivity (Wildman–Crippen MR) is 91.2 cm³/mol. The van der Waals surface area contributed by atoms with Gasteiger partial charge >= 0.3 is 0 Å². The Hall–Kier alpha value is -2.10. The minimum absolute atomic E-state index is 0.170.